The van der Waals surface area contributed by atoms with Crippen molar-refractivity contribution < 1.29 is 13.5 Å². The molecule has 1 N–H and O–H groups in total. The lowest BCUT2D eigenvalue weighted by Gasteiger charge is -2.08. The van der Waals surface area contributed by atoms with E-state index in [4.69, 9.17) is 4.74 Å². The van der Waals surface area contributed by atoms with Crippen LogP contribution in [0.1, 0.15) is 12.1 Å². The third-order valence-corrected chi connectivity index (χ3v) is 2.06. The number of aromatic nitrogens is 2. The van der Waals surface area contributed by atoms with E-state index in [1.165, 1.54) is 0 Å². The van der Waals surface area contributed by atoms with Crippen molar-refractivity contribution in [3.8, 4) is 0 Å². The molecule has 92 valence electrons. The summed E-state index contributed by atoms with van der Waals surface area (Å²) in [4.78, 5) is 4.14. The molecule has 0 aromatic carbocycles. The predicted octanol–water partition coefficient (Wildman–Crippen LogP) is 1.91. The van der Waals surface area contributed by atoms with Crippen LogP contribution in [0, 0.1) is 6.92 Å². The molecule has 1 aromatic rings. The van der Waals surface area contributed by atoms with Crippen LogP contribution in [0.4, 0.5) is 14.7 Å². The molecule has 16 heavy (non-hydrogen) atoms. The first-order valence-electron chi connectivity index (χ1n) is 5.18. The van der Waals surface area contributed by atoms with E-state index < -0.39 is 6.43 Å². The number of alkyl halides is 2. The van der Waals surface area contributed by atoms with Gasteiger partial charge in [-0.1, -0.05) is 0 Å². The fourth-order valence-corrected chi connectivity index (χ4v) is 1.41. The van der Waals surface area contributed by atoms with Gasteiger partial charge in [0.1, 0.15) is 0 Å². The average molecular weight is 233 g/mol. The highest BCUT2D eigenvalue weighted by Crippen LogP contribution is 2.09. The number of halogens is 2. The zero-order chi connectivity index (χ0) is 12.0. The minimum Gasteiger partial charge on any atom is -0.385 e. The Morgan fingerprint density at radius 1 is 1.56 bits per heavy atom. The minimum absolute atomic E-state index is 0.374. The second kappa shape index (κ2) is 6.42. The molecule has 0 saturated carbocycles. The Balaban J connectivity index is 2.53. The SMILES string of the molecule is COCCCn1cc(C)nc1NCC(F)F. The summed E-state index contributed by atoms with van der Waals surface area (Å²) in [7, 11) is 1.63. The van der Waals surface area contributed by atoms with E-state index in [-0.39, 0.29) is 6.54 Å². The predicted molar refractivity (Wildman–Crippen MR) is 58.0 cm³/mol. The fourth-order valence-electron chi connectivity index (χ4n) is 1.41. The van der Waals surface area contributed by atoms with Crippen LogP contribution in [0.15, 0.2) is 6.20 Å². The van der Waals surface area contributed by atoms with Crippen LogP contribution in [0.25, 0.3) is 0 Å². The first-order valence-corrected chi connectivity index (χ1v) is 5.18. The molecule has 0 saturated heterocycles. The van der Waals surface area contributed by atoms with Crippen molar-refractivity contribution in [2.45, 2.75) is 26.3 Å². The van der Waals surface area contributed by atoms with E-state index in [0.29, 0.717) is 19.1 Å². The van der Waals surface area contributed by atoms with Gasteiger partial charge in [0.15, 0.2) is 0 Å². The molecule has 0 spiro atoms. The topological polar surface area (TPSA) is 39.1 Å². The number of nitrogens with one attached hydrogen (secondary N) is 1. The molecule has 4 nitrogen and oxygen atoms in total. The summed E-state index contributed by atoms with van der Waals surface area (Å²) in [6.45, 7) is 2.81. The lowest BCUT2D eigenvalue weighted by molar-refractivity contribution is 0.163. The van der Waals surface area contributed by atoms with E-state index in [0.717, 1.165) is 12.1 Å². The smallest absolute Gasteiger partial charge is 0.255 e. The average Bonchev–Trinajstić information content (AvgIpc) is 2.56. The van der Waals surface area contributed by atoms with Gasteiger partial charge in [0.25, 0.3) is 6.43 Å². The number of methoxy groups -OCH3 is 1. The summed E-state index contributed by atoms with van der Waals surface area (Å²) >= 11 is 0. The lowest BCUT2D eigenvalue weighted by atomic mass is 10.4. The van der Waals surface area contributed by atoms with E-state index in [1.807, 2.05) is 17.7 Å². The zero-order valence-corrected chi connectivity index (χ0v) is 9.54. The molecule has 0 radical (unpaired) electrons. The van der Waals surface area contributed by atoms with Crippen LogP contribution in [0.3, 0.4) is 0 Å². The Bertz CT molecular complexity index is 315. The normalized spacial score (nSPS) is 11.1. The molecule has 0 aliphatic carbocycles. The van der Waals surface area contributed by atoms with Gasteiger partial charge in [0.05, 0.1) is 12.2 Å². The van der Waals surface area contributed by atoms with Crippen molar-refractivity contribution in [1.82, 2.24) is 9.55 Å². The van der Waals surface area contributed by atoms with Crippen LogP contribution in [0.2, 0.25) is 0 Å². The first-order chi connectivity index (χ1) is 7.63. The van der Waals surface area contributed by atoms with Crippen molar-refractivity contribution in [3.05, 3.63) is 11.9 Å². The number of hydrogen-bond acceptors (Lipinski definition) is 3. The first kappa shape index (κ1) is 12.9. The van der Waals surface area contributed by atoms with Crippen molar-refractivity contribution in [3.63, 3.8) is 0 Å². The van der Waals surface area contributed by atoms with Gasteiger partial charge < -0.3 is 14.6 Å². The van der Waals surface area contributed by atoms with Gasteiger partial charge in [-0.15, -0.1) is 0 Å². The number of hydrogen-bond donors (Lipinski definition) is 1. The Kier molecular flexibility index (Phi) is 5.18. The second-order valence-electron chi connectivity index (χ2n) is 3.52. The fraction of sp³-hybridized carbons (Fsp3) is 0.700. The maximum atomic E-state index is 12.0. The van der Waals surface area contributed by atoms with E-state index >= 15 is 0 Å². The summed E-state index contributed by atoms with van der Waals surface area (Å²) in [5.41, 5.74) is 0.814. The molecular weight excluding hydrogens is 216 g/mol. The highest BCUT2D eigenvalue weighted by molar-refractivity contribution is 5.28. The van der Waals surface area contributed by atoms with Gasteiger partial charge in [-0.25, -0.2) is 13.8 Å². The Hall–Kier alpha value is -1.17. The Morgan fingerprint density at radius 3 is 2.94 bits per heavy atom. The van der Waals surface area contributed by atoms with Gasteiger partial charge >= 0.3 is 0 Å². The van der Waals surface area contributed by atoms with E-state index in [9.17, 15) is 8.78 Å². The third kappa shape index (κ3) is 4.14. The lowest BCUT2D eigenvalue weighted by Crippen LogP contribution is -2.14. The molecule has 0 bridgehead atoms. The molecule has 1 heterocycles. The van der Waals surface area contributed by atoms with Crippen LogP contribution < -0.4 is 5.32 Å². The monoisotopic (exact) mass is 233 g/mol. The summed E-state index contributed by atoms with van der Waals surface area (Å²) in [6, 6.07) is 0. The van der Waals surface area contributed by atoms with Crippen molar-refractivity contribution in [2.24, 2.45) is 0 Å². The number of anilines is 1. The van der Waals surface area contributed by atoms with E-state index in [2.05, 4.69) is 10.3 Å². The minimum atomic E-state index is -2.37. The zero-order valence-electron chi connectivity index (χ0n) is 9.54. The molecule has 0 fully saturated rings. The standard InChI is InChI=1S/C10H17F2N3O/c1-8-7-15(4-3-5-16-2)10(14-8)13-6-9(11)12/h7,9H,3-6H2,1-2H3,(H,13,14). The van der Waals surface area contributed by atoms with Gasteiger partial charge in [0, 0.05) is 26.5 Å². The highest BCUT2D eigenvalue weighted by atomic mass is 19.3. The number of rotatable bonds is 7. The van der Waals surface area contributed by atoms with Crippen LogP contribution in [0.5, 0.6) is 0 Å². The molecule has 0 atom stereocenters. The Labute approximate surface area is 93.6 Å². The molecule has 1 rings (SSSR count). The van der Waals surface area contributed by atoms with Crippen LogP contribution in [-0.2, 0) is 11.3 Å². The largest absolute Gasteiger partial charge is 0.385 e. The Morgan fingerprint density at radius 2 is 2.31 bits per heavy atom. The van der Waals surface area contributed by atoms with Crippen molar-refractivity contribution in [2.75, 3.05) is 25.6 Å². The summed E-state index contributed by atoms with van der Waals surface area (Å²) in [5, 5.41) is 2.62. The number of nitrogens with zero attached hydrogens (tertiary/aromatic N) is 2. The maximum absolute atomic E-state index is 12.0. The molecule has 6 heteroatoms. The van der Waals surface area contributed by atoms with Gasteiger partial charge in [-0.3, -0.25) is 0 Å². The van der Waals surface area contributed by atoms with Crippen molar-refractivity contribution in [1.29, 1.82) is 0 Å². The number of ether oxygens (including phenoxy) is 1. The molecular formula is C10H17F2N3O. The molecule has 0 unspecified atom stereocenters. The summed E-state index contributed by atoms with van der Waals surface area (Å²) < 4.78 is 30.9. The van der Waals surface area contributed by atoms with Gasteiger partial charge in [-0.2, -0.15) is 0 Å². The number of imidazole rings is 1. The van der Waals surface area contributed by atoms with E-state index in [1.54, 1.807) is 7.11 Å². The maximum Gasteiger partial charge on any atom is 0.255 e. The molecule has 0 aliphatic rings. The van der Waals surface area contributed by atoms with Crippen LogP contribution in [-0.4, -0.2) is 36.2 Å². The molecule has 1 aromatic heterocycles. The second-order valence-corrected chi connectivity index (χ2v) is 3.52. The molecule has 0 amide bonds. The summed E-state index contributed by atoms with van der Waals surface area (Å²) in [6.07, 6.45) is 0.295. The van der Waals surface area contributed by atoms with Crippen molar-refractivity contribution >= 4 is 5.95 Å². The third-order valence-electron chi connectivity index (χ3n) is 2.06. The number of aryl methyl sites for hydroxylation is 2. The van der Waals surface area contributed by atoms with Crippen LogP contribution >= 0.6 is 0 Å². The molecule has 0 aliphatic heterocycles. The quantitative estimate of drug-likeness (QED) is 0.731. The van der Waals surface area contributed by atoms with Gasteiger partial charge in [-0.05, 0) is 13.3 Å². The summed E-state index contributed by atoms with van der Waals surface area (Å²) in [5.74, 6) is 0.494. The van der Waals surface area contributed by atoms with Gasteiger partial charge in [0.2, 0.25) is 5.95 Å². The highest BCUT2D eigenvalue weighted by Gasteiger charge is 2.07.